The van der Waals surface area contributed by atoms with Crippen molar-refractivity contribution in [1.29, 1.82) is 0 Å². The molecule has 0 bridgehead atoms. The number of carbonyl (C=O) groups excluding carboxylic acids is 2. The molecule has 3 N–H and O–H groups in total. The average molecular weight is 491 g/mol. The molecule has 180 valence electrons. The molecule has 4 rings (SSSR count). The molecule has 0 saturated carbocycles. The number of amides is 3. The lowest BCUT2D eigenvalue weighted by Gasteiger charge is -2.14. The Labute approximate surface area is 206 Å². The van der Waals surface area contributed by atoms with Gasteiger partial charge in [-0.25, -0.2) is 14.8 Å². The second-order valence-electron chi connectivity index (χ2n) is 7.86. The maximum absolute atomic E-state index is 13.2. The second-order valence-corrected chi connectivity index (χ2v) is 8.72. The summed E-state index contributed by atoms with van der Waals surface area (Å²) in [6.07, 6.45) is 3.26. The lowest BCUT2D eigenvalue weighted by atomic mass is 9.99. The molecule has 0 saturated heterocycles. The SMILES string of the molecule is CCNC(=O)Nc1cc(-c2nc(C)cs2)c(-c2ccc3c(c2)c(=O)c(C(=O)NC)cn3CC)cn1. The Balaban J connectivity index is 1.91. The molecule has 0 atom stereocenters. The number of rotatable bonds is 6. The summed E-state index contributed by atoms with van der Waals surface area (Å²) in [5, 5.41) is 11.1. The standard InChI is InChI=1S/C25H26N6O3S/c1-5-27-25(34)30-21-10-16(24-29-14(3)13-35-24)18(11-28-21)15-7-8-20-17(9-15)22(32)19(23(33)26-4)12-31(20)6-2/h7-13H,5-6H2,1-4H3,(H,26,33)(H2,27,28,30,34). The van der Waals surface area contributed by atoms with E-state index in [9.17, 15) is 14.4 Å². The number of fused-ring (bicyclic) bond motifs is 1. The van der Waals surface area contributed by atoms with E-state index in [1.54, 1.807) is 24.5 Å². The molecule has 3 aromatic heterocycles. The first kappa shape index (κ1) is 24.1. The first-order chi connectivity index (χ1) is 16.9. The highest BCUT2D eigenvalue weighted by molar-refractivity contribution is 7.13. The molecule has 10 heteroatoms. The number of thiazole rings is 1. The monoisotopic (exact) mass is 490 g/mol. The topological polar surface area (TPSA) is 118 Å². The van der Waals surface area contributed by atoms with Crippen LogP contribution in [0, 0.1) is 6.92 Å². The molecule has 3 heterocycles. The Morgan fingerprint density at radius 1 is 1.14 bits per heavy atom. The zero-order chi connectivity index (χ0) is 25.1. The fourth-order valence-electron chi connectivity index (χ4n) is 3.85. The van der Waals surface area contributed by atoms with Crippen molar-refractivity contribution in [2.45, 2.75) is 27.3 Å². The summed E-state index contributed by atoms with van der Waals surface area (Å²) in [6.45, 7) is 6.80. The zero-order valence-electron chi connectivity index (χ0n) is 19.9. The van der Waals surface area contributed by atoms with Gasteiger partial charge in [0.25, 0.3) is 5.91 Å². The van der Waals surface area contributed by atoms with Gasteiger partial charge in [-0.1, -0.05) is 6.07 Å². The highest BCUT2D eigenvalue weighted by Crippen LogP contribution is 2.36. The number of pyridine rings is 2. The Hall–Kier alpha value is -4.05. The maximum Gasteiger partial charge on any atom is 0.320 e. The summed E-state index contributed by atoms with van der Waals surface area (Å²) in [5.41, 5.74) is 3.67. The quantitative estimate of drug-likeness (QED) is 0.377. The molecular weight excluding hydrogens is 464 g/mol. The number of aryl methyl sites for hydroxylation is 2. The zero-order valence-corrected chi connectivity index (χ0v) is 20.7. The van der Waals surface area contributed by atoms with Crippen molar-refractivity contribution in [3.63, 3.8) is 0 Å². The molecule has 1 aromatic carbocycles. The molecule has 35 heavy (non-hydrogen) atoms. The van der Waals surface area contributed by atoms with Crippen LogP contribution in [-0.2, 0) is 6.54 Å². The molecule has 9 nitrogen and oxygen atoms in total. The molecule has 3 amide bonds. The minimum absolute atomic E-state index is 0.0920. The van der Waals surface area contributed by atoms with Crippen molar-refractivity contribution in [3.05, 3.63) is 63.5 Å². The maximum atomic E-state index is 13.2. The van der Waals surface area contributed by atoms with Gasteiger partial charge >= 0.3 is 6.03 Å². The lowest BCUT2D eigenvalue weighted by molar-refractivity contribution is 0.0961. The number of nitrogens with zero attached hydrogens (tertiary/aromatic N) is 3. The van der Waals surface area contributed by atoms with Gasteiger partial charge in [0, 0.05) is 60.1 Å². The summed E-state index contributed by atoms with van der Waals surface area (Å²) in [6, 6.07) is 7.01. The van der Waals surface area contributed by atoms with Gasteiger partial charge < -0.3 is 15.2 Å². The van der Waals surface area contributed by atoms with Crippen molar-refractivity contribution in [2.75, 3.05) is 18.9 Å². The predicted molar refractivity (Wildman–Crippen MR) is 139 cm³/mol. The molecule has 0 radical (unpaired) electrons. The Bertz CT molecular complexity index is 1490. The molecular formula is C25H26N6O3S. The third kappa shape index (κ3) is 4.78. The molecule has 0 aliphatic carbocycles. The number of urea groups is 1. The number of nitrogens with one attached hydrogen (secondary N) is 3. The number of anilines is 1. The van der Waals surface area contributed by atoms with E-state index in [1.165, 1.54) is 18.4 Å². The van der Waals surface area contributed by atoms with Crippen molar-refractivity contribution in [1.82, 2.24) is 25.2 Å². The minimum Gasteiger partial charge on any atom is -0.355 e. The highest BCUT2D eigenvalue weighted by Gasteiger charge is 2.18. The van der Waals surface area contributed by atoms with Gasteiger partial charge in [-0.15, -0.1) is 11.3 Å². The van der Waals surface area contributed by atoms with Gasteiger partial charge in [0.1, 0.15) is 16.4 Å². The van der Waals surface area contributed by atoms with Gasteiger partial charge in [-0.05, 0) is 44.5 Å². The van der Waals surface area contributed by atoms with E-state index in [0.717, 1.165) is 32.9 Å². The summed E-state index contributed by atoms with van der Waals surface area (Å²) >= 11 is 1.49. The van der Waals surface area contributed by atoms with E-state index in [4.69, 9.17) is 0 Å². The molecule has 0 fully saturated rings. The molecule has 0 aliphatic rings. The third-order valence-electron chi connectivity index (χ3n) is 5.54. The van der Waals surface area contributed by atoms with Crippen molar-refractivity contribution in [2.24, 2.45) is 0 Å². The van der Waals surface area contributed by atoms with Crippen LogP contribution in [-0.4, -0.2) is 40.1 Å². The molecule has 4 aromatic rings. The first-order valence-electron chi connectivity index (χ1n) is 11.2. The van der Waals surface area contributed by atoms with Crippen LogP contribution in [0.3, 0.4) is 0 Å². The van der Waals surface area contributed by atoms with Crippen LogP contribution in [0.5, 0.6) is 0 Å². The minimum atomic E-state index is -0.425. The fraction of sp³-hybridized carbons (Fsp3) is 0.240. The fourth-order valence-corrected chi connectivity index (χ4v) is 4.68. The first-order valence-corrected chi connectivity index (χ1v) is 12.1. The van der Waals surface area contributed by atoms with Crippen LogP contribution in [0.4, 0.5) is 10.6 Å². The smallest absolute Gasteiger partial charge is 0.320 e. The van der Waals surface area contributed by atoms with Crippen LogP contribution in [0.25, 0.3) is 32.6 Å². The average Bonchev–Trinajstić information content (AvgIpc) is 3.30. The normalized spacial score (nSPS) is 10.9. The number of benzene rings is 1. The lowest BCUT2D eigenvalue weighted by Crippen LogP contribution is -2.28. The van der Waals surface area contributed by atoms with E-state index in [0.29, 0.717) is 24.3 Å². The van der Waals surface area contributed by atoms with E-state index in [-0.39, 0.29) is 17.0 Å². The van der Waals surface area contributed by atoms with Gasteiger partial charge in [0.05, 0.1) is 5.52 Å². The van der Waals surface area contributed by atoms with Crippen LogP contribution in [0.1, 0.15) is 29.9 Å². The Morgan fingerprint density at radius 2 is 1.94 bits per heavy atom. The summed E-state index contributed by atoms with van der Waals surface area (Å²) in [7, 11) is 1.50. The highest BCUT2D eigenvalue weighted by atomic mass is 32.1. The number of hydrogen-bond donors (Lipinski definition) is 3. The summed E-state index contributed by atoms with van der Waals surface area (Å²) in [4.78, 5) is 46.6. The van der Waals surface area contributed by atoms with Gasteiger partial charge in [0.15, 0.2) is 0 Å². The van der Waals surface area contributed by atoms with Crippen molar-refractivity contribution >= 4 is 40.0 Å². The number of aromatic nitrogens is 3. The van der Waals surface area contributed by atoms with Gasteiger partial charge in [-0.2, -0.15) is 0 Å². The summed E-state index contributed by atoms with van der Waals surface area (Å²) in [5.74, 6) is -0.0375. The van der Waals surface area contributed by atoms with Crippen LogP contribution < -0.4 is 21.4 Å². The van der Waals surface area contributed by atoms with Gasteiger partial charge in [0.2, 0.25) is 5.43 Å². The van der Waals surface area contributed by atoms with Crippen LogP contribution in [0.15, 0.2) is 46.8 Å². The third-order valence-corrected chi connectivity index (χ3v) is 6.53. The largest absolute Gasteiger partial charge is 0.355 e. The van der Waals surface area contributed by atoms with Crippen molar-refractivity contribution < 1.29 is 9.59 Å². The number of hydrogen-bond acceptors (Lipinski definition) is 6. The van der Waals surface area contributed by atoms with E-state index < -0.39 is 5.91 Å². The Kier molecular flexibility index (Phi) is 6.92. The van der Waals surface area contributed by atoms with Crippen molar-refractivity contribution in [3.8, 4) is 21.7 Å². The Morgan fingerprint density at radius 3 is 2.60 bits per heavy atom. The van der Waals surface area contributed by atoms with E-state index >= 15 is 0 Å². The van der Waals surface area contributed by atoms with Gasteiger partial charge in [-0.3, -0.25) is 14.9 Å². The van der Waals surface area contributed by atoms with Crippen LogP contribution >= 0.6 is 11.3 Å². The molecule has 0 unspecified atom stereocenters. The van der Waals surface area contributed by atoms with E-state index in [2.05, 4.69) is 25.9 Å². The predicted octanol–water partition coefficient (Wildman–Crippen LogP) is 4.02. The van der Waals surface area contributed by atoms with Crippen LogP contribution in [0.2, 0.25) is 0 Å². The summed E-state index contributed by atoms with van der Waals surface area (Å²) < 4.78 is 1.88. The molecule has 0 spiro atoms. The number of carbonyl (C=O) groups is 2. The molecule has 0 aliphatic heterocycles. The van der Waals surface area contributed by atoms with E-state index in [1.807, 2.05) is 42.9 Å². The second kappa shape index (κ2) is 10.1.